The summed E-state index contributed by atoms with van der Waals surface area (Å²) in [6.07, 6.45) is 2.40. The Balaban J connectivity index is 1.82. The van der Waals surface area contributed by atoms with E-state index in [0.717, 1.165) is 0 Å². The molecule has 0 fully saturated rings. The van der Waals surface area contributed by atoms with Gasteiger partial charge in [0.15, 0.2) is 0 Å². The smallest absolute Gasteiger partial charge is 0.0447 e. The SMILES string of the molecule is CNC(c1ccc(C(C)(C)C)s1)C1Cc2ccccc2C1. The standard InChI is InChI=1S/C19H25NS/c1-19(2,3)17-10-9-16(21-17)18(20-4)15-11-13-7-5-6-8-14(13)12-15/h5-10,15,18,20H,11-12H2,1-4H3. The van der Waals surface area contributed by atoms with Gasteiger partial charge < -0.3 is 5.32 Å². The quantitative estimate of drug-likeness (QED) is 0.864. The summed E-state index contributed by atoms with van der Waals surface area (Å²) in [4.78, 5) is 2.97. The minimum Gasteiger partial charge on any atom is -0.312 e. The second kappa shape index (κ2) is 5.58. The van der Waals surface area contributed by atoms with E-state index in [4.69, 9.17) is 0 Å². The van der Waals surface area contributed by atoms with Gasteiger partial charge in [-0.3, -0.25) is 0 Å². The highest BCUT2D eigenvalue weighted by Crippen LogP contribution is 2.39. The molecule has 2 heteroatoms. The molecule has 1 aromatic heterocycles. The Bertz CT molecular complexity index is 595. The largest absolute Gasteiger partial charge is 0.312 e. The molecule has 0 amide bonds. The lowest BCUT2D eigenvalue weighted by Crippen LogP contribution is -2.24. The molecule has 1 nitrogen and oxygen atoms in total. The van der Waals surface area contributed by atoms with E-state index in [1.165, 1.54) is 33.7 Å². The molecule has 0 radical (unpaired) electrons. The molecule has 21 heavy (non-hydrogen) atoms. The van der Waals surface area contributed by atoms with Crippen LogP contribution in [0.4, 0.5) is 0 Å². The fraction of sp³-hybridized carbons (Fsp3) is 0.474. The molecule has 0 saturated carbocycles. The highest BCUT2D eigenvalue weighted by molar-refractivity contribution is 7.12. The summed E-state index contributed by atoms with van der Waals surface area (Å²) in [5.41, 5.74) is 3.32. The number of hydrogen-bond acceptors (Lipinski definition) is 2. The van der Waals surface area contributed by atoms with Gasteiger partial charge in [0.1, 0.15) is 0 Å². The third kappa shape index (κ3) is 2.93. The summed E-state index contributed by atoms with van der Waals surface area (Å²) >= 11 is 1.98. The maximum atomic E-state index is 3.57. The third-order valence-corrected chi connectivity index (χ3v) is 6.13. The molecule has 1 aliphatic rings. The van der Waals surface area contributed by atoms with Gasteiger partial charge in [-0.05, 0) is 54.5 Å². The van der Waals surface area contributed by atoms with E-state index in [9.17, 15) is 0 Å². The molecule has 1 aromatic carbocycles. The first-order chi connectivity index (χ1) is 9.99. The monoisotopic (exact) mass is 299 g/mol. The van der Waals surface area contributed by atoms with E-state index in [0.29, 0.717) is 12.0 Å². The Morgan fingerprint density at radius 3 is 2.14 bits per heavy atom. The fourth-order valence-electron chi connectivity index (χ4n) is 3.36. The van der Waals surface area contributed by atoms with E-state index < -0.39 is 0 Å². The first kappa shape index (κ1) is 14.8. The Labute approximate surface area is 132 Å². The van der Waals surface area contributed by atoms with Crippen molar-refractivity contribution in [2.45, 2.75) is 45.1 Å². The zero-order valence-corrected chi connectivity index (χ0v) is 14.3. The minimum absolute atomic E-state index is 0.250. The molecular weight excluding hydrogens is 274 g/mol. The van der Waals surface area contributed by atoms with Crippen LogP contribution in [0.5, 0.6) is 0 Å². The van der Waals surface area contributed by atoms with Crippen LogP contribution >= 0.6 is 11.3 Å². The van der Waals surface area contributed by atoms with E-state index in [1.54, 1.807) is 0 Å². The Hall–Kier alpha value is -1.12. The van der Waals surface area contributed by atoms with Crippen LogP contribution in [-0.2, 0) is 18.3 Å². The number of benzene rings is 1. The summed E-state index contributed by atoms with van der Waals surface area (Å²) in [7, 11) is 2.10. The van der Waals surface area contributed by atoms with Crippen molar-refractivity contribution in [3.63, 3.8) is 0 Å². The normalized spacial score (nSPS) is 17.0. The second-order valence-electron chi connectivity index (χ2n) is 7.16. The molecule has 1 heterocycles. The van der Waals surface area contributed by atoms with Crippen molar-refractivity contribution < 1.29 is 0 Å². The first-order valence-corrected chi connectivity index (χ1v) is 8.65. The third-order valence-electron chi connectivity index (χ3n) is 4.54. The minimum atomic E-state index is 0.250. The van der Waals surface area contributed by atoms with E-state index in [2.05, 4.69) is 69.5 Å². The van der Waals surface area contributed by atoms with Crippen molar-refractivity contribution in [2.75, 3.05) is 7.05 Å². The number of rotatable bonds is 3. The highest BCUT2D eigenvalue weighted by Gasteiger charge is 2.30. The molecule has 0 bridgehead atoms. The van der Waals surface area contributed by atoms with E-state index in [-0.39, 0.29) is 5.41 Å². The predicted octanol–water partition coefficient (Wildman–Crippen LogP) is 4.72. The predicted molar refractivity (Wildman–Crippen MR) is 92.2 cm³/mol. The van der Waals surface area contributed by atoms with Crippen LogP contribution in [0.15, 0.2) is 36.4 Å². The van der Waals surface area contributed by atoms with Gasteiger partial charge in [0.05, 0.1) is 0 Å². The summed E-state index contributed by atoms with van der Waals surface area (Å²) < 4.78 is 0. The summed E-state index contributed by atoms with van der Waals surface area (Å²) in [6, 6.07) is 14.0. The van der Waals surface area contributed by atoms with Crippen LogP contribution in [0.3, 0.4) is 0 Å². The zero-order valence-electron chi connectivity index (χ0n) is 13.4. The van der Waals surface area contributed by atoms with Crippen molar-refractivity contribution in [1.82, 2.24) is 5.32 Å². The first-order valence-electron chi connectivity index (χ1n) is 7.83. The molecule has 0 saturated heterocycles. The number of nitrogens with one attached hydrogen (secondary N) is 1. The van der Waals surface area contributed by atoms with E-state index in [1.807, 2.05) is 11.3 Å². The van der Waals surface area contributed by atoms with Gasteiger partial charge in [0.2, 0.25) is 0 Å². The summed E-state index contributed by atoms with van der Waals surface area (Å²) in [5, 5.41) is 3.57. The number of hydrogen-bond donors (Lipinski definition) is 1. The van der Waals surface area contributed by atoms with Crippen LogP contribution in [0.2, 0.25) is 0 Å². The van der Waals surface area contributed by atoms with Crippen molar-refractivity contribution in [1.29, 1.82) is 0 Å². The average Bonchev–Trinajstić information content (AvgIpc) is 3.05. The number of thiophene rings is 1. The molecule has 1 aliphatic carbocycles. The van der Waals surface area contributed by atoms with Gasteiger partial charge in [-0.1, -0.05) is 45.0 Å². The average molecular weight is 299 g/mol. The molecule has 0 spiro atoms. The van der Waals surface area contributed by atoms with Crippen LogP contribution in [0.1, 0.15) is 47.7 Å². The van der Waals surface area contributed by atoms with Gasteiger partial charge >= 0.3 is 0 Å². The number of fused-ring (bicyclic) bond motifs is 1. The molecule has 0 aliphatic heterocycles. The molecule has 1 N–H and O–H groups in total. The molecule has 1 unspecified atom stereocenters. The molecular formula is C19H25NS. The van der Waals surface area contributed by atoms with Crippen LogP contribution in [-0.4, -0.2) is 7.05 Å². The summed E-state index contributed by atoms with van der Waals surface area (Å²) in [5.74, 6) is 0.680. The van der Waals surface area contributed by atoms with Crippen LogP contribution < -0.4 is 5.32 Å². The zero-order chi connectivity index (χ0) is 15.0. The van der Waals surface area contributed by atoms with Crippen molar-refractivity contribution in [3.05, 3.63) is 57.3 Å². The van der Waals surface area contributed by atoms with Crippen molar-refractivity contribution >= 4 is 11.3 Å². The van der Waals surface area contributed by atoms with Gasteiger partial charge in [-0.25, -0.2) is 0 Å². The Kier molecular flexibility index (Phi) is 3.94. The lowest BCUT2D eigenvalue weighted by molar-refractivity contribution is 0.402. The van der Waals surface area contributed by atoms with Gasteiger partial charge in [-0.15, -0.1) is 11.3 Å². The Morgan fingerprint density at radius 2 is 1.67 bits per heavy atom. The molecule has 2 aromatic rings. The van der Waals surface area contributed by atoms with Gasteiger partial charge in [-0.2, -0.15) is 0 Å². The second-order valence-corrected chi connectivity index (χ2v) is 8.27. The van der Waals surface area contributed by atoms with Crippen LogP contribution in [0.25, 0.3) is 0 Å². The van der Waals surface area contributed by atoms with Crippen molar-refractivity contribution in [3.8, 4) is 0 Å². The summed E-state index contributed by atoms with van der Waals surface area (Å²) in [6.45, 7) is 6.88. The lowest BCUT2D eigenvalue weighted by atomic mass is 9.94. The lowest BCUT2D eigenvalue weighted by Gasteiger charge is -2.22. The Morgan fingerprint density at radius 1 is 1.05 bits per heavy atom. The van der Waals surface area contributed by atoms with Gasteiger partial charge in [0.25, 0.3) is 0 Å². The van der Waals surface area contributed by atoms with Crippen LogP contribution in [0, 0.1) is 5.92 Å². The molecule has 3 rings (SSSR count). The van der Waals surface area contributed by atoms with Gasteiger partial charge in [0, 0.05) is 15.8 Å². The fourth-order valence-corrected chi connectivity index (χ4v) is 4.63. The molecule has 112 valence electrons. The van der Waals surface area contributed by atoms with E-state index >= 15 is 0 Å². The maximum Gasteiger partial charge on any atom is 0.0447 e. The highest BCUT2D eigenvalue weighted by atomic mass is 32.1. The topological polar surface area (TPSA) is 12.0 Å². The van der Waals surface area contributed by atoms with Crippen molar-refractivity contribution in [2.24, 2.45) is 5.92 Å². The maximum absolute atomic E-state index is 3.57. The molecule has 1 atom stereocenters.